The molecule has 1 atom stereocenters. The summed E-state index contributed by atoms with van der Waals surface area (Å²) in [5, 5.41) is 9.26. The number of carbonyl (C=O) groups excluding carboxylic acids is 1. The van der Waals surface area contributed by atoms with Gasteiger partial charge in [0.05, 0.1) is 28.5 Å². The number of nitrogens with zero attached hydrogens (tertiary/aromatic N) is 4. The smallest absolute Gasteiger partial charge is 0.244 e. The summed E-state index contributed by atoms with van der Waals surface area (Å²) in [6.07, 6.45) is 4.41. The number of amides is 1. The Morgan fingerprint density at radius 3 is 2.33 bits per heavy atom. The first-order valence-corrected chi connectivity index (χ1v) is 14.7. The van der Waals surface area contributed by atoms with E-state index in [1.165, 1.54) is 16.4 Å². The number of sulfone groups is 1. The van der Waals surface area contributed by atoms with Crippen LogP contribution in [0.5, 0.6) is 0 Å². The molecular weight excluding hydrogens is 464 g/mol. The minimum atomic E-state index is -3.79. The van der Waals surface area contributed by atoms with Gasteiger partial charge in [0, 0.05) is 38.3 Å². The van der Waals surface area contributed by atoms with Gasteiger partial charge in [-0.3, -0.25) is 9.69 Å². The maximum Gasteiger partial charge on any atom is 0.244 e. The maximum atomic E-state index is 13.3. The maximum absolute atomic E-state index is 13.3. The van der Waals surface area contributed by atoms with Gasteiger partial charge in [0.2, 0.25) is 15.9 Å². The van der Waals surface area contributed by atoms with E-state index in [0.717, 1.165) is 25.7 Å². The third kappa shape index (κ3) is 5.24. The van der Waals surface area contributed by atoms with Crippen molar-refractivity contribution in [2.45, 2.75) is 49.1 Å². The summed E-state index contributed by atoms with van der Waals surface area (Å²) >= 11 is 0. The Hall–Kier alpha value is -2.00. The molecule has 3 fully saturated rings. The van der Waals surface area contributed by atoms with Gasteiger partial charge in [-0.1, -0.05) is 25.0 Å². The van der Waals surface area contributed by atoms with Crippen molar-refractivity contribution < 1.29 is 21.6 Å². The van der Waals surface area contributed by atoms with E-state index in [1.807, 2.05) is 15.9 Å². The molecule has 0 unspecified atom stereocenters. The van der Waals surface area contributed by atoms with Crippen LogP contribution >= 0.6 is 0 Å². The van der Waals surface area contributed by atoms with E-state index in [1.54, 1.807) is 12.1 Å². The molecule has 1 amide bonds. The molecule has 0 N–H and O–H groups in total. The molecule has 2 saturated heterocycles. The van der Waals surface area contributed by atoms with Gasteiger partial charge < -0.3 is 4.90 Å². The van der Waals surface area contributed by atoms with E-state index in [-0.39, 0.29) is 59.6 Å². The number of piperazine rings is 1. The minimum absolute atomic E-state index is 0.00637. The minimum Gasteiger partial charge on any atom is -0.335 e. The number of rotatable bonds is 6. The molecule has 1 aromatic carbocycles. The van der Waals surface area contributed by atoms with Gasteiger partial charge in [0.25, 0.3) is 0 Å². The number of nitriles is 1. The number of benzene rings is 1. The van der Waals surface area contributed by atoms with Gasteiger partial charge in [-0.15, -0.1) is 0 Å². The zero-order valence-corrected chi connectivity index (χ0v) is 20.2. The van der Waals surface area contributed by atoms with Gasteiger partial charge in [0.15, 0.2) is 9.84 Å². The van der Waals surface area contributed by atoms with Crippen molar-refractivity contribution >= 4 is 25.8 Å². The fourth-order valence-electron chi connectivity index (χ4n) is 5.21. The van der Waals surface area contributed by atoms with Crippen LogP contribution in [0.25, 0.3) is 0 Å². The molecule has 1 aromatic rings. The van der Waals surface area contributed by atoms with Crippen molar-refractivity contribution in [3.8, 4) is 6.07 Å². The van der Waals surface area contributed by atoms with Crippen molar-refractivity contribution in [1.29, 1.82) is 5.26 Å². The summed E-state index contributed by atoms with van der Waals surface area (Å²) in [6.45, 7) is 1.44. The summed E-state index contributed by atoms with van der Waals surface area (Å²) in [4.78, 5) is 17.1. The Morgan fingerprint density at radius 1 is 1.06 bits per heavy atom. The zero-order chi connectivity index (χ0) is 23.6. The van der Waals surface area contributed by atoms with Crippen LogP contribution in [0.4, 0.5) is 0 Å². The van der Waals surface area contributed by atoms with Crippen LogP contribution in [-0.2, 0) is 24.7 Å². The average molecular weight is 495 g/mol. The summed E-state index contributed by atoms with van der Waals surface area (Å²) in [7, 11) is -6.89. The molecule has 4 rings (SSSR count). The fourth-order valence-corrected chi connectivity index (χ4v) is 8.48. The molecule has 3 aliphatic rings. The van der Waals surface area contributed by atoms with E-state index >= 15 is 0 Å². The largest absolute Gasteiger partial charge is 0.335 e. The highest BCUT2D eigenvalue weighted by atomic mass is 32.2. The van der Waals surface area contributed by atoms with Crippen molar-refractivity contribution in [3.05, 3.63) is 29.8 Å². The molecule has 11 heteroatoms. The van der Waals surface area contributed by atoms with Crippen LogP contribution in [0.15, 0.2) is 29.2 Å². The van der Waals surface area contributed by atoms with Gasteiger partial charge in [-0.05, 0) is 31.4 Å². The van der Waals surface area contributed by atoms with Crippen LogP contribution in [0.1, 0.15) is 37.7 Å². The van der Waals surface area contributed by atoms with E-state index in [9.17, 15) is 26.9 Å². The van der Waals surface area contributed by atoms with Crippen LogP contribution in [0.3, 0.4) is 0 Å². The molecule has 33 heavy (non-hydrogen) atoms. The molecule has 0 bridgehead atoms. The molecule has 2 heterocycles. The summed E-state index contributed by atoms with van der Waals surface area (Å²) in [5.41, 5.74) is 0.119. The number of hydrogen-bond donors (Lipinski definition) is 0. The molecule has 0 aromatic heterocycles. The first-order valence-electron chi connectivity index (χ1n) is 11.4. The van der Waals surface area contributed by atoms with Gasteiger partial charge in [-0.25, -0.2) is 16.8 Å². The van der Waals surface area contributed by atoms with Crippen LogP contribution < -0.4 is 0 Å². The Morgan fingerprint density at radius 2 is 1.73 bits per heavy atom. The molecule has 0 radical (unpaired) electrons. The summed E-state index contributed by atoms with van der Waals surface area (Å²) < 4.78 is 51.5. The summed E-state index contributed by atoms with van der Waals surface area (Å²) in [5.74, 6) is 0.115. The highest BCUT2D eigenvalue weighted by molar-refractivity contribution is 7.91. The predicted molar refractivity (Wildman–Crippen MR) is 123 cm³/mol. The Balaban J connectivity index is 1.40. The number of carbonyl (C=O) groups is 1. The van der Waals surface area contributed by atoms with Crippen molar-refractivity contribution in [1.82, 2.24) is 14.1 Å². The van der Waals surface area contributed by atoms with E-state index in [0.29, 0.717) is 19.5 Å². The second-order valence-electron chi connectivity index (χ2n) is 9.08. The highest BCUT2D eigenvalue weighted by Crippen LogP contribution is 2.29. The summed E-state index contributed by atoms with van der Waals surface area (Å²) in [6, 6.07) is 7.94. The normalized spacial score (nSPS) is 24.5. The molecule has 180 valence electrons. The van der Waals surface area contributed by atoms with Crippen molar-refractivity contribution in [2.75, 3.05) is 44.2 Å². The lowest BCUT2D eigenvalue weighted by molar-refractivity contribution is -0.137. The first-order chi connectivity index (χ1) is 15.7. The third-order valence-electron chi connectivity index (χ3n) is 6.92. The van der Waals surface area contributed by atoms with Gasteiger partial charge >= 0.3 is 0 Å². The zero-order valence-electron chi connectivity index (χ0n) is 18.6. The van der Waals surface area contributed by atoms with Crippen molar-refractivity contribution in [3.63, 3.8) is 0 Å². The molecule has 1 saturated carbocycles. The second-order valence-corrected chi connectivity index (χ2v) is 13.2. The number of hydrogen-bond acceptors (Lipinski definition) is 7. The monoisotopic (exact) mass is 494 g/mol. The number of sulfonamides is 1. The van der Waals surface area contributed by atoms with Gasteiger partial charge in [0.1, 0.15) is 6.07 Å². The van der Waals surface area contributed by atoms with E-state index < -0.39 is 19.9 Å². The Labute approximate surface area is 195 Å². The third-order valence-corrected chi connectivity index (χ3v) is 10.6. The van der Waals surface area contributed by atoms with Gasteiger partial charge in [-0.2, -0.15) is 9.57 Å². The second kappa shape index (κ2) is 9.70. The van der Waals surface area contributed by atoms with Crippen LogP contribution in [0.2, 0.25) is 0 Å². The van der Waals surface area contributed by atoms with Crippen LogP contribution in [0, 0.1) is 11.3 Å². The fraction of sp³-hybridized carbons (Fsp3) is 0.636. The topological polar surface area (TPSA) is 119 Å². The lowest BCUT2D eigenvalue weighted by atomic mass is 10.1. The lowest BCUT2D eigenvalue weighted by Gasteiger charge is -2.38. The van der Waals surface area contributed by atoms with Crippen molar-refractivity contribution in [2.24, 2.45) is 0 Å². The quantitative estimate of drug-likeness (QED) is 0.574. The van der Waals surface area contributed by atoms with E-state index in [2.05, 4.69) is 0 Å². The average Bonchev–Trinajstić information content (AvgIpc) is 3.44. The molecule has 1 aliphatic carbocycles. The molecular formula is C22H30N4O5S2. The lowest BCUT2D eigenvalue weighted by Crippen LogP contribution is -2.54. The highest BCUT2D eigenvalue weighted by Gasteiger charge is 2.40. The predicted octanol–water partition coefficient (Wildman–Crippen LogP) is 0.823. The van der Waals surface area contributed by atoms with Crippen LogP contribution in [-0.4, -0.2) is 93.2 Å². The SMILES string of the molecule is N#Cc1ccccc1S(=O)(=O)N1CCN(CC(=O)N(C2CCCC2)[C@@H]2CCS(=O)(=O)C2)CC1. The molecule has 2 aliphatic heterocycles. The molecule has 0 spiro atoms. The van der Waals surface area contributed by atoms with E-state index in [4.69, 9.17) is 0 Å². The standard InChI is InChI=1S/C22H30N4O5S2/c23-15-18-5-1-4-8-21(18)33(30,31)25-12-10-24(11-13-25)16-22(27)26(19-6-2-3-7-19)20-9-14-32(28,29)17-20/h1,4-5,8,19-20H,2-3,6-7,9-14,16-17H2/t20-/m1/s1. The molecule has 9 nitrogen and oxygen atoms in total. The first kappa shape index (κ1) is 24.1. The Kier molecular flexibility index (Phi) is 7.09. The Bertz CT molecular complexity index is 1130.